The molecule has 0 spiro atoms. The molecule has 0 aliphatic carbocycles. The van der Waals surface area contributed by atoms with E-state index in [9.17, 15) is 0 Å². The molecule has 0 saturated carbocycles. The molecule has 0 radical (unpaired) electrons. The summed E-state index contributed by atoms with van der Waals surface area (Å²) in [5.41, 5.74) is 0. The van der Waals surface area contributed by atoms with Gasteiger partial charge in [0.05, 0.1) is 0 Å². The van der Waals surface area contributed by atoms with Gasteiger partial charge in [0, 0.05) is 12.6 Å². The van der Waals surface area contributed by atoms with Gasteiger partial charge in [-0.05, 0) is 33.1 Å². The number of likely N-dealkylation sites (N-methyl/N-ethyl adjacent to an activating group) is 2. The van der Waals surface area contributed by atoms with E-state index < -0.39 is 0 Å². The molecular formula is C9H20N2. The van der Waals surface area contributed by atoms with E-state index in [1.54, 1.807) is 0 Å². The van der Waals surface area contributed by atoms with Crippen LogP contribution in [0.15, 0.2) is 0 Å². The predicted octanol–water partition coefficient (Wildman–Crippen LogP) is 1.03. The maximum Gasteiger partial charge on any atom is 0.0232 e. The second kappa shape index (κ2) is 4.07. The lowest BCUT2D eigenvalue weighted by molar-refractivity contribution is 0.245. The Hall–Kier alpha value is -0.0800. The zero-order valence-electron chi connectivity index (χ0n) is 8.01. The number of nitrogens with zero attached hydrogens (tertiary/aromatic N) is 2. The average molecular weight is 156 g/mol. The van der Waals surface area contributed by atoms with Gasteiger partial charge < -0.3 is 9.80 Å². The summed E-state index contributed by atoms with van der Waals surface area (Å²) in [4.78, 5) is 4.98. The molecule has 0 aromatic heterocycles. The fourth-order valence-corrected chi connectivity index (χ4v) is 1.72. The largest absolute Gasteiger partial charge is 0.302 e. The second-order valence-corrected chi connectivity index (χ2v) is 3.41. The summed E-state index contributed by atoms with van der Waals surface area (Å²) in [6, 6.07) is 0.819. The molecule has 1 atom stereocenters. The zero-order chi connectivity index (χ0) is 8.27. The van der Waals surface area contributed by atoms with Crippen LogP contribution >= 0.6 is 0 Å². The second-order valence-electron chi connectivity index (χ2n) is 3.41. The first-order valence-electron chi connectivity index (χ1n) is 4.70. The van der Waals surface area contributed by atoms with E-state index >= 15 is 0 Å². The molecule has 1 fully saturated rings. The third-order valence-electron chi connectivity index (χ3n) is 2.82. The van der Waals surface area contributed by atoms with Gasteiger partial charge in [0.1, 0.15) is 0 Å². The fraction of sp³-hybridized carbons (Fsp3) is 1.00. The van der Waals surface area contributed by atoms with Crippen molar-refractivity contribution in [1.82, 2.24) is 9.80 Å². The first kappa shape index (κ1) is 9.01. The molecule has 66 valence electrons. The van der Waals surface area contributed by atoms with Crippen molar-refractivity contribution in [3.63, 3.8) is 0 Å². The Morgan fingerprint density at radius 1 is 1.45 bits per heavy atom. The minimum atomic E-state index is 0.819. The van der Waals surface area contributed by atoms with E-state index in [4.69, 9.17) is 0 Å². The zero-order valence-corrected chi connectivity index (χ0v) is 8.01. The summed E-state index contributed by atoms with van der Waals surface area (Å²) in [5, 5.41) is 0. The summed E-state index contributed by atoms with van der Waals surface area (Å²) in [5.74, 6) is 0. The summed E-state index contributed by atoms with van der Waals surface area (Å²) >= 11 is 0. The molecule has 1 saturated heterocycles. The highest BCUT2D eigenvalue weighted by atomic mass is 15.2. The Labute approximate surface area is 70.2 Å². The van der Waals surface area contributed by atoms with Crippen LogP contribution in [0.3, 0.4) is 0 Å². The maximum atomic E-state index is 2.52. The van der Waals surface area contributed by atoms with Gasteiger partial charge in [-0.25, -0.2) is 0 Å². The van der Waals surface area contributed by atoms with Crippen molar-refractivity contribution in [2.24, 2.45) is 0 Å². The fourth-order valence-electron chi connectivity index (χ4n) is 1.72. The highest BCUT2D eigenvalue weighted by Crippen LogP contribution is 2.12. The first-order chi connectivity index (χ1) is 5.27. The highest BCUT2D eigenvalue weighted by molar-refractivity contribution is 4.80. The third-order valence-corrected chi connectivity index (χ3v) is 2.82. The SMILES string of the molecule is CCN1CCC(N(C)CC)C1. The van der Waals surface area contributed by atoms with E-state index in [-0.39, 0.29) is 0 Å². The molecule has 2 heteroatoms. The van der Waals surface area contributed by atoms with Gasteiger partial charge in [0.15, 0.2) is 0 Å². The Morgan fingerprint density at radius 3 is 2.64 bits per heavy atom. The number of hydrogen-bond donors (Lipinski definition) is 0. The molecule has 1 rings (SSSR count). The van der Waals surface area contributed by atoms with Crippen LogP contribution in [0.1, 0.15) is 20.3 Å². The van der Waals surface area contributed by atoms with Crippen LogP contribution in [-0.4, -0.2) is 49.1 Å². The third kappa shape index (κ3) is 2.17. The van der Waals surface area contributed by atoms with Crippen molar-refractivity contribution in [3.8, 4) is 0 Å². The number of rotatable bonds is 3. The lowest BCUT2D eigenvalue weighted by Gasteiger charge is -2.22. The molecule has 11 heavy (non-hydrogen) atoms. The van der Waals surface area contributed by atoms with E-state index in [1.807, 2.05) is 0 Å². The van der Waals surface area contributed by atoms with Crippen molar-refractivity contribution in [2.75, 3.05) is 33.2 Å². The molecule has 0 bridgehead atoms. The van der Waals surface area contributed by atoms with Crippen LogP contribution in [0.5, 0.6) is 0 Å². The Balaban J connectivity index is 2.29. The van der Waals surface area contributed by atoms with Crippen molar-refractivity contribution < 1.29 is 0 Å². The molecule has 1 heterocycles. The lowest BCUT2D eigenvalue weighted by Crippen LogP contribution is -2.34. The molecule has 1 aliphatic heterocycles. The van der Waals surface area contributed by atoms with Gasteiger partial charge in [-0.2, -0.15) is 0 Å². The van der Waals surface area contributed by atoms with Crippen LogP contribution in [-0.2, 0) is 0 Å². The Bertz CT molecular complexity index is 114. The normalized spacial score (nSPS) is 26.7. The maximum absolute atomic E-state index is 2.52. The molecule has 0 aromatic rings. The molecule has 1 unspecified atom stereocenters. The van der Waals surface area contributed by atoms with E-state index in [2.05, 4.69) is 30.7 Å². The van der Waals surface area contributed by atoms with Crippen LogP contribution in [0, 0.1) is 0 Å². The van der Waals surface area contributed by atoms with Crippen LogP contribution in [0.4, 0.5) is 0 Å². The van der Waals surface area contributed by atoms with Crippen molar-refractivity contribution in [1.29, 1.82) is 0 Å². The minimum absolute atomic E-state index is 0.819. The monoisotopic (exact) mass is 156 g/mol. The standard InChI is InChI=1S/C9H20N2/c1-4-10(3)9-6-7-11(5-2)8-9/h9H,4-8H2,1-3H3. The summed E-state index contributed by atoms with van der Waals surface area (Å²) in [6.07, 6.45) is 1.36. The first-order valence-corrected chi connectivity index (χ1v) is 4.70. The molecule has 1 aliphatic rings. The predicted molar refractivity (Wildman–Crippen MR) is 48.8 cm³/mol. The quantitative estimate of drug-likeness (QED) is 0.602. The topological polar surface area (TPSA) is 6.48 Å². The van der Waals surface area contributed by atoms with Gasteiger partial charge in [-0.1, -0.05) is 13.8 Å². The highest BCUT2D eigenvalue weighted by Gasteiger charge is 2.23. The molecule has 0 N–H and O–H groups in total. The average Bonchev–Trinajstić information content (AvgIpc) is 2.50. The number of hydrogen-bond acceptors (Lipinski definition) is 2. The molecule has 2 nitrogen and oxygen atoms in total. The van der Waals surface area contributed by atoms with Crippen molar-refractivity contribution in [2.45, 2.75) is 26.3 Å². The Morgan fingerprint density at radius 2 is 2.18 bits per heavy atom. The van der Waals surface area contributed by atoms with Crippen LogP contribution in [0.2, 0.25) is 0 Å². The molecular weight excluding hydrogens is 136 g/mol. The van der Waals surface area contributed by atoms with Crippen molar-refractivity contribution >= 4 is 0 Å². The van der Waals surface area contributed by atoms with Crippen LogP contribution in [0.25, 0.3) is 0 Å². The molecule has 0 aromatic carbocycles. The van der Waals surface area contributed by atoms with Gasteiger partial charge in [0.2, 0.25) is 0 Å². The van der Waals surface area contributed by atoms with Gasteiger partial charge in [-0.15, -0.1) is 0 Å². The summed E-state index contributed by atoms with van der Waals surface area (Å²) < 4.78 is 0. The minimum Gasteiger partial charge on any atom is -0.302 e. The molecule has 0 amide bonds. The number of likely N-dealkylation sites (tertiary alicyclic amines) is 1. The van der Waals surface area contributed by atoms with Gasteiger partial charge in [0.25, 0.3) is 0 Å². The van der Waals surface area contributed by atoms with E-state index in [0.717, 1.165) is 6.04 Å². The van der Waals surface area contributed by atoms with E-state index in [1.165, 1.54) is 32.6 Å². The lowest BCUT2D eigenvalue weighted by atomic mass is 10.2. The van der Waals surface area contributed by atoms with Crippen LogP contribution < -0.4 is 0 Å². The Kier molecular flexibility index (Phi) is 3.34. The van der Waals surface area contributed by atoms with Gasteiger partial charge in [-0.3, -0.25) is 0 Å². The summed E-state index contributed by atoms with van der Waals surface area (Å²) in [6.45, 7) is 9.45. The smallest absolute Gasteiger partial charge is 0.0232 e. The summed E-state index contributed by atoms with van der Waals surface area (Å²) in [7, 11) is 2.23. The van der Waals surface area contributed by atoms with E-state index in [0.29, 0.717) is 0 Å². The van der Waals surface area contributed by atoms with Gasteiger partial charge >= 0.3 is 0 Å². The van der Waals surface area contributed by atoms with Crippen molar-refractivity contribution in [3.05, 3.63) is 0 Å².